The Balaban J connectivity index is 1.12. The number of benzene rings is 3. The molecule has 3 aliphatic rings. The number of fused-ring (bicyclic) bond motifs is 8. The summed E-state index contributed by atoms with van der Waals surface area (Å²) in [5.74, 6) is 1.79. The number of hydrogen-bond donors (Lipinski definition) is 1. The van der Waals surface area contributed by atoms with Crippen molar-refractivity contribution in [2.75, 3.05) is 35.4 Å². The second-order valence-corrected chi connectivity index (χ2v) is 14.7. The van der Waals surface area contributed by atoms with Crippen molar-refractivity contribution in [1.82, 2.24) is 34.3 Å². The summed E-state index contributed by atoms with van der Waals surface area (Å²) in [6.45, 7) is 7.48. The summed E-state index contributed by atoms with van der Waals surface area (Å²) in [5.41, 5.74) is 8.90. The third-order valence-electron chi connectivity index (χ3n) is 11.0. The topological polar surface area (TPSA) is 83.2 Å². The van der Waals surface area contributed by atoms with Gasteiger partial charge < -0.3 is 15.2 Å². The Morgan fingerprint density at radius 2 is 1.72 bits per heavy atom. The highest BCUT2D eigenvalue weighted by molar-refractivity contribution is 5.95. The van der Waals surface area contributed by atoms with Gasteiger partial charge in [0.1, 0.15) is 29.1 Å². The molecule has 53 heavy (non-hydrogen) atoms. The lowest BCUT2D eigenvalue weighted by atomic mass is 10.1. The standard InChI is InChI=1S/C41H38F2N10/c1-24-14-27(42)12-13-37(24)52-39-32(18-44-52)41(48-36-23-50(22-33(36)39)19-26-8-5-4-6-9-26)51-20-29-17-30(51)21-49(3)53-25(2)45-35-16-28(43)15-31(40(35)53)34-10-7-11-38(46-29)47-34/h4-16,18,29-30H,17,19-23H2,1-3H3,(H,46,47). The van der Waals surface area contributed by atoms with E-state index in [9.17, 15) is 8.78 Å². The third-order valence-corrected chi connectivity index (χ3v) is 11.0. The van der Waals surface area contributed by atoms with Gasteiger partial charge in [-0.3, -0.25) is 4.90 Å². The molecule has 1 N–H and O–H groups in total. The highest BCUT2D eigenvalue weighted by atomic mass is 19.1. The SMILES string of the molecule is Cc1cc(F)ccc1-n1ncc2c(N3CC4CC3CN(C)n3c(C)nc5cc(F)cc(c53)-c3cccc(n3)N4)nc3c(c21)CN(Cc1ccccc1)C3. The van der Waals surface area contributed by atoms with Gasteiger partial charge in [0.2, 0.25) is 0 Å². The number of halogens is 2. The van der Waals surface area contributed by atoms with Gasteiger partial charge in [0.15, 0.2) is 0 Å². The first-order valence-electron chi connectivity index (χ1n) is 18.1. The van der Waals surface area contributed by atoms with E-state index < -0.39 is 0 Å². The molecule has 2 unspecified atom stereocenters. The third kappa shape index (κ3) is 5.30. The number of rotatable bonds is 4. The first kappa shape index (κ1) is 31.8. The summed E-state index contributed by atoms with van der Waals surface area (Å²) in [7, 11) is 2.07. The van der Waals surface area contributed by atoms with E-state index in [2.05, 4.69) is 56.1 Å². The summed E-state index contributed by atoms with van der Waals surface area (Å²) < 4.78 is 33.4. The van der Waals surface area contributed by atoms with Gasteiger partial charge in [-0.1, -0.05) is 36.4 Å². The zero-order chi connectivity index (χ0) is 36.0. The summed E-state index contributed by atoms with van der Waals surface area (Å²) in [6.07, 6.45) is 2.77. The fourth-order valence-electron chi connectivity index (χ4n) is 8.80. The maximum absolute atomic E-state index is 15.0. The van der Waals surface area contributed by atoms with Crippen molar-refractivity contribution in [1.29, 1.82) is 0 Å². The number of pyridine rings is 2. The molecule has 2 atom stereocenters. The van der Waals surface area contributed by atoms with Crippen molar-refractivity contribution in [3.63, 3.8) is 0 Å². The van der Waals surface area contributed by atoms with Crippen LogP contribution in [-0.2, 0) is 19.6 Å². The molecule has 4 aromatic heterocycles. The number of aromatic nitrogens is 6. The molecular formula is C41H38F2N10. The van der Waals surface area contributed by atoms with Crippen LogP contribution in [0.25, 0.3) is 38.9 Å². The Bertz CT molecular complexity index is 2560. The van der Waals surface area contributed by atoms with Crippen LogP contribution in [0.1, 0.15) is 34.6 Å². The summed E-state index contributed by atoms with van der Waals surface area (Å²) in [6, 6.07) is 24.4. The predicted octanol–water partition coefficient (Wildman–Crippen LogP) is 6.88. The molecule has 12 heteroatoms. The highest BCUT2D eigenvalue weighted by Crippen LogP contribution is 2.40. The van der Waals surface area contributed by atoms with Crippen molar-refractivity contribution in [2.24, 2.45) is 0 Å². The maximum Gasteiger partial charge on any atom is 0.140 e. The smallest absolute Gasteiger partial charge is 0.140 e. The van der Waals surface area contributed by atoms with E-state index in [1.165, 1.54) is 17.7 Å². The van der Waals surface area contributed by atoms with E-state index in [4.69, 9.17) is 20.1 Å². The quantitative estimate of drug-likeness (QED) is 0.212. The lowest BCUT2D eigenvalue weighted by molar-refractivity contribution is 0.274. The van der Waals surface area contributed by atoms with Gasteiger partial charge in [-0.2, -0.15) is 5.10 Å². The number of nitrogens with one attached hydrogen (secondary N) is 1. The van der Waals surface area contributed by atoms with Gasteiger partial charge in [-0.05, 0) is 67.8 Å². The van der Waals surface area contributed by atoms with Crippen LogP contribution in [0.2, 0.25) is 0 Å². The maximum atomic E-state index is 15.0. The molecular weight excluding hydrogens is 671 g/mol. The molecule has 0 aliphatic carbocycles. The van der Waals surface area contributed by atoms with Gasteiger partial charge in [0.25, 0.3) is 0 Å². The van der Waals surface area contributed by atoms with Crippen LogP contribution >= 0.6 is 0 Å². The van der Waals surface area contributed by atoms with Crippen LogP contribution in [0.3, 0.4) is 0 Å². The van der Waals surface area contributed by atoms with Gasteiger partial charge in [-0.25, -0.2) is 33.1 Å². The Morgan fingerprint density at radius 1 is 0.849 bits per heavy atom. The number of hydrogen-bond acceptors (Lipinski definition) is 8. The van der Waals surface area contributed by atoms with Crippen LogP contribution in [0.15, 0.2) is 85.1 Å². The van der Waals surface area contributed by atoms with E-state index in [1.54, 1.807) is 12.1 Å². The van der Waals surface area contributed by atoms with Crippen molar-refractivity contribution in [2.45, 2.75) is 52.0 Å². The molecule has 0 amide bonds. The monoisotopic (exact) mass is 708 g/mol. The van der Waals surface area contributed by atoms with E-state index >= 15 is 0 Å². The number of aryl methyl sites for hydroxylation is 2. The van der Waals surface area contributed by atoms with Crippen LogP contribution in [0, 0.1) is 25.5 Å². The molecule has 266 valence electrons. The fourth-order valence-corrected chi connectivity index (χ4v) is 8.80. The van der Waals surface area contributed by atoms with Crippen LogP contribution in [0.4, 0.5) is 20.4 Å². The largest absolute Gasteiger partial charge is 0.365 e. The average molecular weight is 709 g/mol. The van der Waals surface area contributed by atoms with E-state index in [-0.39, 0.29) is 23.7 Å². The van der Waals surface area contributed by atoms with Crippen molar-refractivity contribution >= 4 is 33.6 Å². The first-order valence-corrected chi connectivity index (χ1v) is 18.1. The second-order valence-electron chi connectivity index (χ2n) is 14.7. The first-order chi connectivity index (χ1) is 25.8. The minimum absolute atomic E-state index is 0.0485. The van der Waals surface area contributed by atoms with Crippen molar-refractivity contribution in [3.8, 4) is 16.9 Å². The van der Waals surface area contributed by atoms with E-state index in [0.717, 1.165) is 75.9 Å². The summed E-state index contributed by atoms with van der Waals surface area (Å²) in [4.78, 5) is 20.1. The normalized spacial score (nSPS) is 18.4. The Morgan fingerprint density at radius 3 is 2.57 bits per heavy atom. The molecule has 3 aromatic carbocycles. The molecule has 0 spiro atoms. The number of anilines is 2. The van der Waals surface area contributed by atoms with Crippen molar-refractivity contribution < 1.29 is 8.78 Å². The minimum Gasteiger partial charge on any atom is -0.365 e. The molecule has 4 bridgehead atoms. The molecule has 0 saturated carbocycles. The Labute approximate surface area is 305 Å². The van der Waals surface area contributed by atoms with Gasteiger partial charge in [0, 0.05) is 56.5 Å². The second kappa shape index (κ2) is 12.1. The number of imidazole rings is 1. The zero-order valence-corrected chi connectivity index (χ0v) is 29.8. The van der Waals surface area contributed by atoms with E-state index in [0.29, 0.717) is 36.4 Å². The number of likely N-dealkylation sites (N-methyl/N-ethyl adjacent to an activating group) is 1. The molecule has 3 aliphatic heterocycles. The summed E-state index contributed by atoms with van der Waals surface area (Å²) >= 11 is 0. The van der Waals surface area contributed by atoms with Crippen LogP contribution in [0.5, 0.6) is 0 Å². The molecule has 1 saturated heterocycles. The molecule has 10 rings (SSSR count). The molecule has 10 nitrogen and oxygen atoms in total. The summed E-state index contributed by atoms with van der Waals surface area (Å²) in [5, 5.41) is 11.8. The lowest BCUT2D eigenvalue weighted by Crippen LogP contribution is -2.44. The lowest BCUT2D eigenvalue weighted by Gasteiger charge is -2.32. The van der Waals surface area contributed by atoms with Gasteiger partial charge in [-0.15, -0.1) is 0 Å². The van der Waals surface area contributed by atoms with Crippen molar-refractivity contribution in [3.05, 3.63) is 125 Å². The highest BCUT2D eigenvalue weighted by Gasteiger charge is 2.38. The van der Waals surface area contributed by atoms with E-state index in [1.807, 2.05) is 55.1 Å². The number of nitrogens with zero attached hydrogens (tertiary/aromatic N) is 9. The Hall–Kier alpha value is -5.88. The molecule has 0 radical (unpaired) electrons. The van der Waals surface area contributed by atoms with Gasteiger partial charge in [0.05, 0.1) is 57.8 Å². The minimum atomic E-state index is -0.344. The molecule has 7 heterocycles. The van der Waals surface area contributed by atoms with Gasteiger partial charge >= 0.3 is 0 Å². The van der Waals surface area contributed by atoms with Crippen LogP contribution < -0.4 is 15.2 Å². The molecule has 1 fully saturated rings. The van der Waals surface area contributed by atoms with Crippen LogP contribution in [-0.4, -0.2) is 66.5 Å². The predicted molar refractivity (Wildman–Crippen MR) is 203 cm³/mol. The molecule has 7 aromatic rings. The fraction of sp³-hybridized carbons (Fsp3) is 0.268. The zero-order valence-electron chi connectivity index (χ0n) is 29.8. The average Bonchev–Trinajstić information content (AvgIpc) is 3.91. The Kier molecular flexibility index (Phi) is 7.26.